The number of ether oxygens (including phenoxy) is 4. The van der Waals surface area contributed by atoms with Gasteiger partial charge in [-0.05, 0) is 85.1 Å². The Morgan fingerprint density at radius 3 is 2.26 bits per heavy atom. The molecule has 4 atom stereocenters. The first-order chi connectivity index (χ1) is 25.1. The number of Topliss-reactive ketones (excluding diaryl/α,β-unsaturated/α-hetero) is 2. The highest BCUT2D eigenvalue weighted by Crippen LogP contribution is 2.57. The van der Waals surface area contributed by atoms with Crippen molar-refractivity contribution in [1.82, 2.24) is 10.1 Å². The third kappa shape index (κ3) is 6.70. The molecule has 15 heteroatoms. The van der Waals surface area contributed by atoms with E-state index < -0.39 is 81.4 Å². The van der Waals surface area contributed by atoms with Crippen LogP contribution < -0.4 is 14.4 Å². The number of aliphatic hydroxyl groups is 2. The number of hydrogen-bond donors (Lipinski definition) is 2. The molecule has 3 aliphatic rings. The number of aromatic nitrogens is 1. The van der Waals surface area contributed by atoms with E-state index in [2.05, 4.69) is 5.16 Å². The number of hydrogen-bond acceptors (Lipinski definition) is 13. The molecular formula is C39H44FN3O11. The third-order valence-corrected chi connectivity index (χ3v) is 9.62. The summed E-state index contributed by atoms with van der Waals surface area (Å²) in [6.07, 6.45) is -2.47. The van der Waals surface area contributed by atoms with Crippen LogP contribution in [-0.2, 0) is 27.3 Å². The normalized spacial score (nSPS) is 22.2. The van der Waals surface area contributed by atoms with Crippen molar-refractivity contribution in [2.24, 2.45) is 11.8 Å². The zero-order valence-electron chi connectivity index (χ0n) is 31.6. The van der Waals surface area contributed by atoms with Crippen molar-refractivity contribution in [2.75, 3.05) is 26.0 Å². The first-order valence-electron chi connectivity index (χ1n) is 17.4. The summed E-state index contributed by atoms with van der Waals surface area (Å²) in [7, 11) is 4.62. The number of carbonyl (C=O) groups is 4. The van der Waals surface area contributed by atoms with Gasteiger partial charge in [-0.1, -0.05) is 30.3 Å². The molecule has 0 bridgehead atoms. The van der Waals surface area contributed by atoms with E-state index in [-0.39, 0.29) is 53.5 Å². The van der Waals surface area contributed by atoms with E-state index >= 15 is 4.39 Å². The number of anilines is 1. The van der Waals surface area contributed by atoms with Gasteiger partial charge in [0.15, 0.2) is 17.1 Å². The average Bonchev–Trinajstić information content (AvgIpc) is 3.48. The van der Waals surface area contributed by atoms with Gasteiger partial charge in [-0.3, -0.25) is 19.4 Å². The Balaban J connectivity index is 1.49. The lowest BCUT2D eigenvalue weighted by molar-refractivity contribution is -0.142. The number of fused-ring (bicyclic) bond motifs is 4. The molecule has 3 aliphatic carbocycles. The molecule has 0 unspecified atom stereocenters. The molecule has 0 spiro atoms. The minimum Gasteiger partial charge on any atom is -0.507 e. The second kappa shape index (κ2) is 13.5. The van der Waals surface area contributed by atoms with Crippen LogP contribution in [0.15, 0.2) is 46.5 Å². The predicted octanol–water partition coefficient (Wildman–Crippen LogP) is 6.34. The SMILES string of the molecule is CN(C(=O)OC(C)(C)C)c1cc(F)c2c(c1OC(=O)OC(C)(C)C)C(O)=C1C(=O)[C@]3(O)C(=O)c4c(OCc5ccccc5)noc4[C@@H](N(C)C)[C@@H]3C[C@@H]1C2. The van der Waals surface area contributed by atoms with Crippen LogP contribution in [0.2, 0.25) is 0 Å². The molecule has 2 aromatic carbocycles. The Morgan fingerprint density at radius 2 is 1.65 bits per heavy atom. The molecular weight excluding hydrogens is 705 g/mol. The second-order valence-electron chi connectivity index (χ2n) is 16.0. The van der Waals surface area contributed by atoms with E-state index in [4.69, 9.17) is 23.5 Å². The van der Waals surface area contributed by atoms with Gasteiger partial charge in [0.2, 0.25) is 11.6 Å². The fourth-order valence-corrected chi connectivity index (χ4v) is 7.38. The van der Waals surface area contributed by atoms with Crippen LogP contribution in [0.25, 0.3) is 5.76 Å². The van der Waals surface area contributed by atoms with Crippen LogP contribution >= 0.6 is 0 Å². The molecule has 6 rings (SSSR count). The quantitative estimate of drug-likeness (QED) is 0.162. The Morgan fingerprint density at radius 1 is 1.00 bits per heavy atom. The molecule has 1 amide bonds. The molecule has 0 radical (unpaired) electrons. The molecule has 3 aromatic rings. The van der Waals surface area contributed by atoms with Gasteiger partial charge in [-0.15, -0.1) is 0 Å². The number of ketones is 2. The van der Waals surface area contributed by atoms with Crippen LogP contribution in [0.5, 0.6) is 11.6 Å². The van der Waals surface area contributed by atoms with Gasteiger partial charge in [0.05, 0.1) is 17.3 Å². The largest absolute Gasteiger partial charge is 0.514 e. The summed E-state index contributed by atoms with van der Waals surface area (Å²) >= 11 is 0. The maximum absolute atomic E-state index is 16.3. The van der Waals surface area contributed by atoms with Crippen molar-refractivity contribution in [3.05, 3.63) is 75.8 Å². The molecule has 2 N–H and O–H groups in total. The first kappa shape index (κ1) is 38.4. The summed E-state index contributed by atoms with van der Waals surface area (Å²) in [4.78, 5) is 58.0. The lowest BCUT2D eigenvalue weighted by Crippen LogP contribution is -2.63. The van der Waals surface area contributed by atoms with Gasteiger partial charge < -0.3 is 33.7 Å². The van der Waals surface area contributed by atoms with E-state index in [1.807, 2.05) is 30.3 Å². The molecule has 14 nitrogen and oxygen atoms in total. The Bertz CT molecular complexity index is 2060. The van der Waals surface area contributed by atoms with Crippen LogP contribution in [-0.4, -0.2) is 82.0 Å². The number of amides is 1. The van der Waals surface area contributed by atoms with Crippen molar-refractivity contribution in [3.8, 4) is 11.6 Å². The average molecular weight is 750 g/mol. The number of halogens is 1. The second-order valence-corrected chi connectivity index (χ2v) is 16.0. The Kier molecular flexibility index (Phi) is 9.64. The monoisotopic (exact) mass is 749 g/mol. The minimum absolute atomic E-state index is 0.00634. The summed E-state index contributed by atoms with van der Waals surface area (Å²) in [6, 6.07) is 9.17. The van der Waals surface area contributed by atoms with Crippen LogP contribution in [0.1, 0.15) is 86.8 Å². The summed E-state index contributed by atoms with van der Waals surface area (Å²) in [5, 5.41) is 28.4. The molecule has 1 saturated carbocycles. The number of nitrogens with zero attached hydrogens (tertiary/aromatic N) is 3. The fourth-order valence-electron chi connectivity index (χ4n) is 7.38. The van der Waals surface area contributed by atoms with Gasteiger partial charge in [0, 0.05) is 30.2 Å². The van der Waals surface area contributed by atoms with Gasteiger partial charge in [-0.2, -0.15) is 0 Å². The highest BCUT2D eigenvalue weighted by molar-refractivity contribution is 6.26. The first-order valence-corrected chi connectivity index (χ1v) is 17.4. The smallest absolute Gasteiger partial charge is 0.507 e. The molecule has 1 aromatic heterocycles. The maximum atomic E-state index is 16.3. The van der Waals surface area contributed by atoms with Crippen molar-refractivity contribution >= 4 is 35.3 Å². The minimum atomic E-state index is -2.74. The number of carbonyl (C=O) groups excluding carboxylic acids is 4. The molecule has 0 saturated heterocycles. The van der Waals surface area contributed by atoms with Crippen molar-refractivity contribution in [2.45, 2.75) is 83.8 Å². The van der Waals surface area contributed by atoms with Crippen molar-refractivity contribution < 1.29 is 57.3 Å². The van der Waals surface area contributed by atoms with E-state index in [0.717, 1.165) is 16.5 Å². The van der Waals surface area contributed by atoms with Gasteiger partial charge in [0.25, 0.3) is 5.88 Å². The van der Waals surface area contributed by atoms with Gasteiger partial charge in [-0.25, -0.2) is 14.0 Å². The molecule has 1 fully saturated rings. The summed E-state index contributed by atoms with van der Waals surface area (Å²) in [5.41, 5.74) is -5.44. The molecule has 54 heavy (non-hydrogen) atoms. The Hall–Kier alpha value is -5.28. The lowest BCUT2D eigenvalue weighted by atomic mass is 9.57. The number of aliphatic hydroxyl groups excluding tert-OH is 1. The Labute approximate surface area is 311 Å². The molecule has 288 valence electrons. The highest BCUT2D eigenvalue weighted by atomic mass is 19.1. The van der Waals surface area contributed by atoms with E-state index in [9.17, 15) is 29.4 Å². The van der Waals surface area contributed by atoms with Crippen LogP contribution in [0, 0.1) is 17.7 Å². The fraction of sp³-hybridized carbons (Fsp3) is 0.462. The number of rotatable bonds is 6. The zero-order chi connectivity index (χ0) is 39.7. The van der Waals surface area contributed by atoms with E-state index in [1.165, 1.54) is 7.05 Å². The van der Waals surface area contributed by atoms with Gasteiger partial charge in [0.1, 0.15) is 34.9 Å². The van der Waals surface area contributed by atoms with Crippen molar-refractivity contribution in [1.29, 1.82) is 0 Å². The summed E-state index contributed by atoms with van der Waals surface area (Å²) in [6.45, 7) is 9.65. The highest BCUT2D eigenvalue weighted by Gasteiger charge is 2.65. The summed E-state index contributed by atoms with van der Waals surface area (Å²) < 4.78 is 44.2. The standard InChI is InChI=1S/C39H44FN3O11/c1-37(2,3)52-35(47)43(9)24-17-23(40)21-15-20-16-22-28(42(7)8)31-27(34(41-54-31)50-18-19-13-11-10-12-14-19)33(46)39(22,49)32(45)25(20)29(44)26(21)30(24)51-36(48)53-38(4,5)6/h10-14,17,20,22,28,44,49H,15-16,18H2,1-9H3/t20-,22-,28-,39-/m0/s1. The topological polar surface area (TPSA) is 178 Å². The zero-order valence-corrected chi connectivity index (χ0v) is 31.6. The van der Waals surface area contributed by atoms with E-state index in [0.29, 0.717) is 0 Å². The van der Waals surface area contributed by atoms with Gasteiger partial charge >= 0.3 is 12.2 Å². The number of benzene rings is 2. The molecule has 0 aliphatic heterocycles. The predicted molar refractivity (Wildman–Crippen MR) is 191 cm³/mol. The lowest BCUT2D eigenvalue weighted by Gasteiger charge is -2.49. The molecule has 1 heterocycles. The van der Waals surface area contributed by atoms with Crippen LogP contribution in [0.4, 0.5) is 19.7 Å². The third-order valence-electron chi connectivity index (χ3n) is 9.62. The summed E-state index contributed by atoms with van der Waals surface area (Å²) in [5.74, 6) is -6.51. The van der Waals surface area contributed by atoms with Crippen molar-refractivity contribution in [3.63, 3.8) is 0 Å². The van der Waals surface area contributed by atoms with E-state index in [1.54, 1.807) is 60.5 Å². The maximum Gasteiger partial charge on any atom is 0.514 e. The van der Waals surface area contributed by atoms with Crippen LogP contribution in [0.3, 0.4) is 0 Å².